The van der Waals surface area contributed by atoms with Crippen molar-refractivity contribution in [2.45, 2.75) is 103 Å². The molecule has 0 radical (unpaired) electrons. The van der Waals surface area contributed by atoms with Gasteiger partial charge in [0.1, 0.15) is 53.4 Å². The number of carbonyl (C=O) groups is 3. The van der Waals surface area contributed by atoms with Crippen LogP contribution in [0.2, 0.25) is 0 Å². The molecule has 0 aliphatic carbocycles. The van der Waals surface area contributed by atoms with Crippen LogP contribution >= 0.6 is 11.3 Å². The summed E-state index contributed by atoms with van der Waals surface area (Å²) >= 11 is 1.59. The molecule has 4 aliphatic heterocycles. The number of aryl methyl sites for hydroxylation is 1. The summed E-state index contributed by atoms with van der Waals surface area (Å²) in [4.78, 5) is 66.1. The van der Waals surface area contributed by atoms with Crippen LogP contribution in [0.25, 0.3) is 43.4 Å². The highest BCUT2D eigenvalue weighted by atomic mass is 32.1. The number of hydrogen-bond donors (Lipinski definition) is 4. The Morgan fingerprint density at radius 2 is 1.64 bits per heavy atom. The van der Waals surface area contributed by atoms with Crippen LogP contribution in [0.4, 0.5) is 14.6 Å². The van der Waals surface area contributed by atoms with Gasteiger partial charge in [0.2, 0.25) is 17.7 Å². The number of aromatic nitrogens is 4. The number of aromatic hydroxyl groups is 1. The van der Waals surface area contributed by atoms with Crippen LogP contribution < -0.4 is 25.6 Å². The van der Waals surface area contributed by atoms with E-state index in [4.69, 9.17) is 30.4 Å². The molecule has 3 unspecified atom stereocenters. The van der Waals surface area contributed by atoms with E-state index in [1.54, 1.807) is 16.2 Å². The van der Waals surface area contributed by atoms with Gasteiger partial charge in [0.05, 0.1) is 60.1 Å². The van der Waals surface area contributed by atoms with E-state index in [0.717, 1.165) is 47.6 Å². The van der Waals surface area contributed by atoms with E-state index in [-0.39, 0.29) is 89.3 Å². The second-order valence-electron chi connectivity index (χ2n) is 22.4. The Kier molecular flexibility index (Phi) is 18.0. The highest BCUT2D eigenvalue weighted by Crippen LogP contribution is 2.40. The molecule has 7 heterocycles. The zero-order valence-corrected chi connectivity index (χ0v) is 47.1. The molecule has 4 aliphatic rings. The summed E-state index contributed by atoms with van der Waals surface area (Å²) in [5.41, 5.74) is 4.15. The number of anilines is 1. The number of carbonyl (C=O) groups excluding carboxylic acids is 3. The smallest absolute Gasteiger partial charge is 0.319 e. The molecule has 4 N–H and O–H groups in total. The summed E-state index contributed by atoms with van der Waals surface area (Å²) in [7, 11) is 0. The maximum absolute atomic E-state index is 17.1. The summed E-state index contributed by atoms with van der Waals surface area (Å²) in [6, 6.07) is 12.6. The first-order valence-corrected chi connectivity index (χ1v) is 28.8. The van der Waals surface area contributed by atoms with Gasteiger partial charge in [-0.3, -0.25) is 19.4 Å². The number of likely N-dealkylation sites (tertiary alicyclic amines) is 2. The SMILES string of the molecule is C#Cc1c(F)ccc2cc(O)cc(-c3ncc4c(N5CC6CCC(C5)N6)nc(OC5CCN(CCOCCOCCOCC(=O)NC(C(=O)N6CCC[C@H]6C(=O)NCc6ccc(-c7scnc7C)cc6)C(C)(C)C)CC5)nc4c3F)c12. The number of nitrogens with one attached hydrogen (secondary N) is 3. The largest absolute Gasteiger partial charge is 0.508 e. The van der Waals surface area contributed by atoms with E-state index in [0.29, 0.717) is 94.8 Å². The summed E-state index contributed by atoms with van der Waals surface area (Å²) in [6.45, 7) is 13.3. The van der Waals surface area contributed by atoms with Crippen molar-refractivity contribution in [2.75, 3.05) is 83.8 Å². The highest BCUT2D eigenvalue weighted by molar-refractivity contribution is 7.13. The Labute approximate surface area is 474 Å². The van der Waals surface area contributed by atoms with Gasteiger partial charge in [0, 0.05) is 75.0 Å². The number of ether oxygens (including phenoxy) is 4. The number of nitrogens with zero attached hydrogens (tertiary/aromatic N) is 7. The van der Waals surface area contributed by atoms with Gasteiger partial charge in [-0.05, 0) is 85.6 Å². The minimum absolute atomic E-state index is 0.00295. The third-order valence-electron chi connectivity index (χ3n) is 15.6. The van der Waals surface area contributed by atoms with Crippen molar-refractivity contribution in [3.8, 4) is 45.8 Å². The zero-order chi connectivity index (χ0) is 56.8. The van der Waals surface area contributed by atoms with Gasteiger partial charge in [-0.15, -0.1) is 17.8 Å². The van der Waals surface area contributed by atoms with E-state index in [9.17, 15) is 19.5 Å². The lowest BCUT2D eigenvalue weighted by Gasteiger charge is -2.35. The number of hydrogen-bond acceptors (Lipinski definition) is 16. The Bertz CT molecular complexity index is 3280. The van der Waals surface area contributed by atoms with Crippen molar-refractivity contribution in [1.29, 1.82) is 0 Å². The Morgan fingerprint density at radius 3 is 2.35 bits per heavy atom. The maximum atomic E-state index is 17.1. The molecule has 2 bridgehead atoms. The lowest BCUT2D eigenvalue weighted by molar-refractivity contribution is -0.144. The zero-order valence-electron chi connectivity index (χ0n) is 46.3. The second kappa shape index (κ2) is 25.5. The number of piperazine rings is 1. The average Bonchev–Trinajstić information content (AvgIpc) is 4.30. The van der Waals surface area contributed by atoms with E-state index in [2.05, 4.69) is 46.6 Å². The Morgan fingerprint density at radius 1 is 0.914 bits per heavy atom. The summed E-state index contributed by atoms with van der Waals surface area (Å²) in [5.74, 6) is 0.416. The molecule has 4 atom stereocenters. The van der Waals surface area contributed by atoms with Gasteiger partial charge < -0.3 is 54.7 Å². The highest BCUT2D eigenvalue weighted by Gasteiger charge is 2.42. The minimum atomic E-state index is -0.865. The van der Waals surface area contributed by atoms with Crippen LogP contribution in [0, 0.1) is 36.3 Å². The molecule has 4 fully saturated rings. The first-order valence-electron chi connectivity index (χ1n) is 27.9. The quantitative estimate of drug-likeness (QED) is 0.0427. The molecule has 3 amide bonds. The number of piperidine rings is 1. The summed E-state index contributed by atoms with van der Waals surface area (Å²) < 4.78 is 55.7. The van der Waals surface area contributed by atoms with Crippen LogP contribution in [0.1, 0.15) is 76.1 Å². The number of thiazole rings is 1. The number of rotatable bonds is 21. The first kappa shape index (κ1) is 57.3. The van der Waals surface area contributed by atoms with Crippen molar-refractivity contribution in [3.05, 3.63) is 88.7 Å². The molecule has 81 heavy (non-hydrogen) atoms. The first-order chi connectivity index (χ1) is 39.1. The predicted molar refractivity (Wildman–Crippen MR) is 305 cm³/mol. The Balaban J connectivity index is 0.644. The topological polar surface area (TPSA) is 206 Å². The minimum Gasteiger partial charge on any atom is -0.508 e. The number of terminal acetylenes is 1. The van der Waals surface area contributed by atoms with Gasteiger partial charge >= 0.3 is 6.01 Å². The van der Waals surface area contributed by atoms with Crippen LogP contribution in [-0.2, 0) is 35.1 Å². The number of pyridine rings is 1. The fourth-order valence-electron chi connectivity index (χ4n) is 11.4. The van der Waals surface area contributed by atoms with Crippen molar-refractivity contribution in [1.82, 2.24) is 45.7 Å². The fourth-order valence-corrected chi connectivity index (χ4v) is 12.2. The number of halogens is 2. The maximum Gasteiger partial charge on any atom is 0.319 e. The summed E-state index contributed by atoms with van der Waals surface area (Å²) in [5, 5.41) is 21.3. The number of phenols is 1. The molecule has 0 spiro atoms. The predicted octanol–water partition coefficient (Wildman–Crippen LogP) is 6.91. The van der Waals surface area contributed by atoms with Crippen molar-refractivity contribution < 1.29 is 47.2 Å². The monoisotopic (exact) mass is 1130 g/mol. The molecular weight excluding hydrogens is 1060 g/mol. The lowest BCUT2D eigenvalue weighted by atomic mass is 9.85. The van der Waals surface area contributed by atoms with Crippen molar-refractivity contribution in [3.63, 3.8) is 0 Å². The molecule has 3 aromatic heterocycles. The van der Waals surface area contributed by atoms with Gasteiger partial charge in [-0.25, -0.2) is 13.8 Å². The molecule has 18 nitrogen and oxygen atoms in total. The third-order valence-corrected chi connectivity index (χ3v) is 16.6. The molecular formula is C60H70F2N10O8S. The average molecular weight is 1130 g/mol. The van der Waals surface area contributed by atoms with Crippen LogP contribution in [-0.4, -0.2) is 162 Å². The molecule has 6 aromatic rings. The van der Waals surface area contributed by atoms with Crippen molar-refractivity contribution >= 4 is 56.6 Å². The molecule has 0 saturated carbocycles. The Hall–Kier alpha value is -6.93. The molecule has 10 rings (SSSR count). The molecule has 4 saturated heterocycles. The summed E-state index contributed by atoms with van der Waals surface area (Å²) in [6.07, 6.45) is 11.7. The van der Waals surface area contributed by atoms with Gasteiger partial charge in [0.15, 0.2) is 5.82 Å². The van der Waals surface area contributed by atoms with Crippen LogP contribution in [0.5, 0.6) is 11.8 Å². The van der Waals surface area contributed by atoms with E-state index >= 15 is 8.78 Å². The van der Waals surface area contributed by atoms with E-state index in [1.165, 1.54) is 30.5 Å². The van der Waals surface area contributed by atoms with Crippen LogP contribution in [0.15, 0.2) is 60.2 Å². The lowest BCUT2D eigenvalue weighted by Crippen LogP contribution is -2.58. The third kappa shape index (κ3) is 13.4. The fraction of sp³-hybridized carbons (Fsp3) is 0.483. The second-order valence-corrected chi connectivity index (χ2v) is 23.2. The van der Waals surface area contributed by atoms with E-state index in [1.807, 2.05) is 57.5 Å². The molecule has 21 heteroatoms. The van der Waals surface area contributed by atoms with E-state index < -0.39 is 35.0 Å². The number of fused-ring (bicyclic) bond motifs is 4. The van der Waals surface area contributed by atoms with Gasteiger partial charge in [-0.2, -0.15) is 9.97 Å². The van der Waals surface area contributed by atoms with Gasteiger partial charge in [-0.1, -0.05) is 57.0 Å². The normalized spacial score (nSPS) is 19.0. The van der Waals surface area contributed by atoms with Crippen molar-refractivity contribution in [2.24, 2.45) is 5.41 Å². The molecule has 3 aromatic carbocycles. The number of phenolic OH excluding ortho intramolecular Hbond substituents is 1. The number of amides is 3. The number of benzene rings is 3. The van der Waals surface area contributed by atoms with Gasteiger partial charge in [0.25, 0.3) is 0 Å². The molecule has 428 valence electrons. The van der Waals surface area contributed by atoms with Crippen LogP contribution in [0.3, 0.4) is 0 Å². The standard InChI is InChI=1S/C60H70F2N10O8S/c1-6-44-47(61)16-13-39-28-42(73)29-45(50(39)44)52-51(62)53-46(31-63-52)56(71-32-40-14-15-41(33-71)66-40)69-59(68-53)80-43-17-20-70(21-18-43)22-23-77-24-25-78-26-27-79-34-49(74)67-55(60(3,4)5)58(76)72-19-7-8-48(72)57(75)64-30-37-9-11-38(12-10-37)54-36(2)65-35-81-54/h1,9-13,16,28-29,31,35,40-41,43,48,55,66,73H,7-8,14-15,17-27,30,32-34H2,2-5H3,(H,64,75)(H,67,74)/t40?,41?,48-,55?/m0/s1.